The molecular formula is C13H14FN3O3. The van der Waals surface area contributed by atoms with Gasteiger partial charge in [0.15, 0.2) is 17.3 Å². The molecule has 0 fully saturated rings. The number of ether oxygens (including phenoxy) is 1. The minimum absolute atomic E-state index is 0.137. The van der Waals surface area contributed by atoms with E-state index in [0.717, 1.165) is 12.1 Å². The largest absolute Gasteiger partial charge is 0.478 e. The van der Waals surface area contributed by atoms with Crippen molar-refractivity contribution >= 4 is 11.7 Å². The van der Waals surface area contributed by atoms with Gasteiger partial charge in [0, 0.05) is 23.9 Å². The van der Waals surface area contributed by atoms with Gasteiger partial charge in [-0.1, -0.05) is 0 Å². The predicted molar refractivity (Wildman–Crippen MR) is 70.5 cm³/mol. The number of anilines is 1. The van der Waals surface area contributed by atoms with E-state index in [9.17, 15) is 9.18 Å². The molecule has 0 aliphatic carbocycles. The Kier molecular flexibility index (Phi) is 3.60. The second-order valence-electron chi connectivity index (χ2n) is 4.53. The maximum Gasteiger partial charge on any atom is 0.337 e. The van der Waals surface area contributed by atoms with Crippen LogP contribution in [-0.2, 0) is 0 Å². The number of halogens is 1. The molecule has 0 radical (unpaired) electrons. The highest BCUT2D eigenvalue weighted by Crippen LogP contribution is 2.28. The minimum Gasteiger partial charge on any atom is -0.478 e. The Balaban J connectivity index is 2.32. The summed E-state index contributed by atoms with van der Waals surface area (Å²) >= 11 is 0. The number of carboxylic acid groups (broad SMARTS) is 1. The summed E-state index contributed by atoms with van der Waals surface area (Å²) in [4.78, 5) is 11.0. The average molecular weight is 279 g/mol. The van der Waals surface area contributed by atoms with Crippen LogP contribution in [0, 0.1) is 5.82 Å². The third-order valence-electron chi connectivity index (χ3n) is 2.67. The maximum absolute atomic E-state index is 13.7. The summed E-state index contributed by atoms with van der Waals surface area (Å²) in [7, 11) is 0. The molecule has 1 aromatic carbocycles. The van der Waals surface area contributed by atoms with Gasteiger partial charge in [-0.25, -0.2) is 9.18 Å². The number of rotatable bonds is 4. The molecule has 0 aliphatic heterocycles. The van der Waals surface area contributed by atoms with Crippen LogP contribution < -0.4 is 10.5 Å². The molecule has 20 heavy (non-hydrogen) atoms. The smallest absolute Gasteiger partial charge is 0.337 e. The molecule has 0 saturated heterocycles. The Bertz CT molecular complexity index is 652. The Hall–Kier alpha value is -2.57. The van der Waals surface area contributed by atoms with E-state index in [4.69, 9.17) is 15.6 Å². The zero-order valence-electron chi connectivity index (χ0n) is 11.0. The quantitative estimate of drug-likeness (QED) is 0.840. The summed E-state index contributed by atoms with van der Waals surface area (Å²) in [5, 5.41) is 13.0. The van der Waals surface area contributed by atoms with Gasteiger partial charge >= 0.3 is 5.97 Å². The highest BCUT2D eigenvalue weighted by Gasteiger charge is 2.15. The number of nitrogen functional groups attached to an aromatic ring is 1. The highest BCUT2D eigenvalue weighted by molar-refractivity contribution is 5.94. The van der Waals surface area contributed by atoms with Crippen LogP contribution in [0.25, 0.3) is 0 Å². The van der Waals surface area contributed by atoms with Crippen LogP contribution in [0.3, 0.4) is 0 Å². The van der Waals surface area contributed by atoms with E-state index in [2.05, 4.69) is 5.10 Å². The monoisotopic (exact) mass is 279 g/mol. The number of carboxylic acids is 1. The molecule has 1 heterocycles. The molecule has 6 nitrogen and oxygen atoms in total. The molecule has 0 atom stereocenters. The van der Waals surface area contributed by atoms with Crippen LogP contribution in [0.2, 0.25) is 0 Å². The summed E-state index contributed by atoms with van der Waals surface area (Å²) in [6.45, 7) is 3.87. The van der Waals surface area contributed by atoms with Crippen molar-refractivity contribution in [2.24, 2.45) is 0 Å². The van der Waals surface area contributed by atoms with Gasteiger partial charge in [-0.05, 0) is 13.8 Å². The van der Waals surface area contributed by atoms with E-state index in [0.29, 0.717) is 5.75 Å². The second-order valence-corrected chi connectivity index (χ2v) is 4.53. The lowest BCUT2D eigenvalue weighted by Crippen LogP contribution is -2.04. The van der Waals surface area contributed by atoms with Crippen molar-refractivity contribution < 1.29 is 19.0 Å². The normalized spacial score (nSPS) is 10.8. The standard InChI is InChI=1S/C13H14FN3O3/c1-7(2)17-6-8(5-16-17)20-12-3-9(13(18)19)11(15)4-10(12)14/h3-7H,15H2,1-2H3,(H,18,19). The van der Waals surface area contributed by atoms with E-state index >= 15 is 0 Å². The Labute approximate surface area is 114 Å². The van der Waals surface area contributed by atoms with Crippen LogP contribution in [0.1, 0.15) is 30.2 Å². The van der Waals surface area contributed by atoms with Crippen molar-refractivity contribution in [1.29, 1.82) is 0 Å². The number of nitrogens with zero attached hydrogens (tertiary/aromatic N) is 2. The van der Waals surface area contributed by atoms with Gasteiger partial charge in [0.25, 0.3) is 0 Å². The summed E-state index contributed by atoms with van der Waals surface area (Å²) in [5.74, 6) is -1.87. The fourth-order valence-corrected chi connectivity index (χ4v) is 1.61. The van der Waals surface area contributed by atoms with Gasteiger partial charge in [0.05, 0.1) is 18.0 Å². The first-order valence-electron chi connectivity index (χ1n) is 5.92. The lowest BCUT2D eigenvalue weighted by Gasteiger charge is -2.08. The third-order valence-corrected chi connectivity index (χ3v) is 2.67. The number of aromatic nitrogens is 2. The van der Waals surface area contributed by atoms with Gasteiger partial charge in [-0.3, -0.25) is 4.68 Å². The van der Waals surface area contributed by atoms with Crippen LogP contribution in [0.4, 0.5) is 10.1 Å². The van der Waals surface area contributed by atoms with E-state index in [1.807, 2.05) is 13.8 Å². The lowest BCUT2D eigenvalue weighted by molar-refractivity contribution is 0.0697. The molecule has 3 N–H and O–H groups in total. The summed E-state index contributed by atoms with van der Waals surface area (Å²) in [5.41, 5.74) is 5.07. The van der Waals surface area contributed by atoms with Gasteiger partial charge in [-0.2, -0.15) is 5.10 Å². The number of nitrogens with two attached hydrogens (primary N) is 1. The van der Waals surface area contributed by atoms with Crippen LogP contribution in [0.15, 0.2) is 24.5 Å². The van der Waals surface area contributed by atoms with Crippen LogP contribution in [-0.4, -0.2) is 20.9 Å². The molecule has 0 aliphatic rings. The predicted octanol–water partition coefficient (Wildman–Crippen LogP) is 2.68. The highest BCUT2D eigenvalue weighted by atomic mass is 19.1. The number of hydrogen-bond acceptors (Lipinski definition) is 4. The van der Waals surface area contributed by atoms with Crippen LogP contribution >= 0.6 is 0 Å². The van der Waals surface area contributed by atoms with Crippen LogP contribution in [0.5, 0.6) is 11.5 Å². The Morgan fingerprint density at radius 3 is 2.75 bits per heavy atom. The van der Waals surface area contributed by atoms with Crippen molar-refractivity contribution in [3.8, 4) is 11.5 Å². The molecule has 0 amide bonds. The fraction of sp³-hybridized carbons (Fsp3) is 0.231. The van der Waals surface area contributed by atoms with Crippen molar-refractivity contribution in [3.05, 3.63) is 35.9 Å². The van der Waals surface area contributed by atoms with Gasteiger partial charge < -0.3 is 15.6 Å². The summed E-state index contributed by atoms with van der Waals surface area (Å²) in [6, 6.07) is 2.11. The number of hydrogen-bond donors (Lipinski definition) is 2. The molecular weight excluding hydrogens is 265 g/mol. The maximum atomic E-state index is 13.7. The second kappa shape index (κ2) is 5.20. The molecule has 0 unspecified atom stereocenters. The minimum atomic E-state index is -1.25. The number of carbonyl (C=O) groups is 1. The molecule has 0 saturated carbocycles. The fourth-order valence-electron chi connectivity index (χ4n) is 1.61. The molecule has 2 aromatic rings. The Morgan fingerprint density at radius 2 is 2.20 bits per heavy atom. The SMILES string of the molecule is CC(C)n1cc(Oc2cc(C(=O)O)c(N)cc2F)cn1. The molecule has 106 valence electrons. The summed E-state index contributed by atoms with van der Waals surface area (Å²) < 4.78 is 20.7. The molecule has 0 spiro atoms. The van der Waals surface area contributed by atoms with Gasteiger partial charge in [-0.15, -0.1) is 0 Å². The molecule has 1 aromatic heterocycles. The summed E-state index contributed by atoms with van der Waals surface area (Å²) in [6.07, 6.45) is 3.02. The average Bonchev–Trinajstić information content (AvgIpc) is 2.80. The lowest BCUT2D eigenvalue weighted by atomic mass is 10.1. The number of benzene rings is 1. The van der Waals surface area contributed by atoms with E-state index in [1.54, 1.807) is 10.9 Å². The van der Waals surface area contributed by atoms with E-state index in [-0.39, 0.29) is 23.0 Å². The van der Waals surface area contributed by atoms with E-state index < -0.39 is 11.8 Å². The van der Waals surface area contributed by atoms with Crippen molar-refractivity contribution in [3.63, 3.8) is 0 Å². The van der Waals surface area contributed by atoms with E-state index in [1.165, 1.54) is 6.20 Å². The molecule has 0 bridgehead atoms. The number of aromatic carboxylic acids is 1. The van der Waals surface area contributed by atoms with Crippen molar-refractivity contribution in [2.75, 3.05) is 5.73 Å². The third kappa shape index (κ3) is 2.71. The molecule has 2 rings (SSSR count). The first-order valence-corrected chi connectivity index (χ1v) is 5.92. The van der Waals surface area contributed by atoms with Gasteiger partial charge in [0.1, 0.15) is 0 Å². The zero-order chi connectivity index (χ0) is 14.9. The zero-order valence-corrected chi connectivity index (χ0v) is 11.0. The molecule has 7 heteroatoms. The topological polar surface area (TPSA) is 90.4 Å². The van der Waals surface area contributed by atoms with Crippen molar-refractivity contribution in [2.45, 2.75) is 19.9 Å². The van der Waals surface area contributed by atoms with Crippen molar-refractivity contribution in [1.82, 2.24) is 9.78 Å². The first kappa shape index (κ1) is 13.9. The van der Waals surface area contributed by atoms with Gasteiger partial charge in [0.2, 0.25) is 0 Å². The Morgan fingerprint density at radius 1 is 1.50 bits per heavy atom. The first-order chi connectivity index (χ1) is 9.38.